The van der Waals surface area contributed by atoms with Gasteiger partial charge in [0.15, 0.2) is 11.6 Å². The lowest BCUT2D eigenvalue weighted by atomic mass is 10.2. The van der Waals surface area contributed by atoms with Gasteiger partial charge in [0, 0.05) is 6.92 Å². The summed E-state index contributed by atoms with van der Waals surface area (Å²) in [7, 11) is 1.49. The molecule has 0 aliphatic carbocycles. The van der Waals surface area contributed by atoms with Crippen LogP contribution >= 0.6 is 11.6 Å². The molecule has 1 heterocycles. The number of fused-ring (bicyclic) bond motifs is 1. The van der Waals surface area contributed by atoms with E-state index in [0.29, 0.717) is 21.8 Å². The molecule has 1 aromatic carbocycles. The van der Waals surface area contributed by atoms with Crippen LogP contribution in [-0.4, -0.2) is 22.9 Å². The monoisotopic (exact) mass is 236 g/mol. The van der Waals surface area contributed by atoms with Crippen LogP contribution in [0.5, 0.6) is 5.88 Å². The first kappa shape index (κ1) is 10.8. The van der Waals surface area contributed by atoms with Gasteiger partial charge in [0.2, 0.25) is 5.88 Å². The number of carbonyl (C=O) groups is 1. The summed E-state index contributed by atoms with van der Waals surface area (Å²) in [5.41, 5.74) is 0.529. The second-order valence-corrected chi connectivity index (χ2v) is 3.66. The van der Waals surface area contributed by atoms with Crippen molar-refractivity contribution in [3.8, 4) is 5.88 Å². The number of ether oxygens (including phenoxy) is 1. The summed E-state index contributed by atoms with van der Waals surface area (Å²) >= 11 is 6.01. The summed E-state index contributed by atoms with van der Waals surface area (Å²) in [6.45, 7) is 1.40. The van der Waals surface area contributed by atoms with Crippen LogP contribution < -0.4 is 4.74 Å². The van der Waals surface area contributed by atoms with Gasteiger partial charge in [0.25, 0.3) is 0 Å². The second kappa shape index (κ2) is 4.06. The van der Waals surface area contributed by atoms with Crippen molar-refractivity contribution >= 4 is 28.3 Å². The Morgan fingerprint density at radius 1 is 1.38 bits per heavy atom. The molecule has 0 saturated heterocycles. The number of carbonyl (C=O) groups excluding carboxylic acids is 1. The van der Waals surface area contributed by atoms with Crippen LogP contribution in [-0.2, 0) is 0 Å². The zero-order valence-corrected chi connectivity index (χ0v) is 9.58. The highest BCUT2D eigenvalue weighted by atomic mass is 35.5. The van der Waals surface area contributed by atoms with Crippen LogP contribution in [0.2, 0.25) is 5.02 Å². The SMILES string of the molecule is COc1nc(C(C)=O)nc2c(Cl)cccc12. The van der Waals surface area contributed by atoms with Gasteiger partial charge in [-0.05, 0) is 12.1 Å². The van der Waals surface area contributed by atoms with Crippen molar-refractivity contribution in [3.05, 3.63) is 29.0 Å². The predicted molar refractivity (Wildman–Crippen MR) is 61.1 cm³/mol. The quantitative estimate of drug-likeness (QED) is 0.752. The molecule has 0 fully saturated rings. The third-order valence-corrected chi connectivity index (χ3v) is 2.46. The molecule has 0 radical (unpaired) electrons. The van der Waals surface area contributed by atoms with E-state index in [1.165, 1.54) is 14.0 Å². The maximum Gasteiger partial charge on any atom is 0.224 e. The number of methoxy groups -OCH3 is 1. The molecule has 2 aromatic rings. The highest BCUT2D eigenvalue weighted by Crippen LogP contribution is 2.27. The topological polar surface area (TPSA) is 52.1 Å². The number of ketones is 1. The van der Waals surface area contributed by atoms with Gasteiger partial charge in [-0.3, -0.25) is 4.79 Å². The van der Waals surface area contributed by atoms with E-state index in [1.807, 2.05) is 0 Å². The van der Waals surface area contributed by atoms with Crippen molar-refractivity contribution in [1.82, 2.24) is 9.97 Å². The molecule has 0 atom stereocenters. The van der Waals surface area contributed by atoms with Crippen molar-refractivity contribution in [2.75, 3.05) is 7.11 Å². The minimum Gasteiger partial charge on any atom is -0.480 e. The highest BCUT2D eigenvalue weighted by Gasteiger charge is 2.12. The molecule has 82 valence electrons. The Bertz CT molecular complexity index is 569. The van der Waals surface area contributed by atoms with Gasteiger partial charge in [-0.15, -0.1) is 0 Å². The van der Waals surface area contributed by atoms with Gasteiger partial charge in [-0.2, -0.15) is 4.98 Å². The number of aromatic nitrogens is 2. The number of rotatable bonds is 2. The van der Waals surface area contributed by atoms with E-state index in [9.17, 15) is 4.79 Å². The summed E-state index contributed by atoms with van der Waals surface area (Å²) in [5.74, 6) is 0.246. The first-order valence-electron chi connectivity index (χ1n) is 4.64. The van der Waals surface area contributed by atoms with E-state index >= 15 is 0 Å². The molecule has 0 amide bonds. The van der Waals surface area contributed by atoms with Crippen LogP contribution in [0.4, 0.5) is 0 Å². The standard InChI is InChI=1S/C11H9ClN2O2/c1-6(15)10-13-9-7(11(14-10)16-2)4-3-5-8(9)12/h3-5H,1-2H3. The van der Waals surface area contributed by atoms with Gasteiger partial charge in [-0.25, -0.2) is 4.98 Å². The zero-order valence-electron chi connectivity index (χ0n) is 8.82. The maximum absolute atomic E-state index is 11.2. The normalized spacial score (nSPS) is 10.4. The molecule has 0 saturated carbocycles. The van der Waals surface area contributed by atoms with Crippen molar-refractivity contribution < 1.29 is 9.53 Å². The van der Waals surface area contributed by atoms with E-state index in [1.54, 1.807) is 18.2 Å². The summed E-state index contributed by atoms with van der Waals surface area (Å²) in [6, 6.07) is 5.29. The third kappa shape index (κ3) is 1.72. The van der Waals surface area contributed by atoms with Crippen LogP contribution in [0, 0.1) is 0 Å². The highest BCUT2D eigenvalue weighted by molar-refractivity contribution is 6.35. The van der Waals surface area contributed by atoms with Gasteiger partial charge >= 0.3 is 0 Å². The molecule has 0 spiro atoms. The van der Waals surface area contributed by atoms with Crippen molar-refractivity contribution in [1.29, 1.82) is 0 Å². The maximum atomic E-state index is 11.2. The smallest absolute Gasteiger partial charge is 0.224 e. The summed E-state index contributed by atoms with van der Waals surface area (Å²) in [4.78, 5) is 19.4. The summed E-state index contributed by atoms with van der Waals surface area (Å²) < 4.78 is 5.11. The minimum absolute atomic E-state index is 0.109. The number of para-hydroxylation sites is 1. The van der Waals surface area contributed by atoms with Crippen LogP contribution in [0.3, 0.4) is 0 Å². The molecular weight excluding hydrogens is 228 g/mol. The average molecular weight is 237 g/mol. The fourth-order valence-electron chi connectivity index (χ4n) is 1.40. The summed E-state index contributed by atoms with van der Waals surface area (Å²) in [5, 5.41) is 1.17. The van der Waals surface area contributed by atoms with Gasteiger partial charge in [0.1, 0.15) is 0 Å². The number of benzene rings is 1. The van der Waals surface area contributed by atoms with E-state index in [-0.39, 0.29) is 11.6 Å². The van der Waals surface area contributed by atoms with Crippen molar-refractivity contribution in [3.63, 3.8) is 0 Å². The average Bonchev–Trinajstić information content (AvgIpc) is 2.28. The van der Waals surface area contributed by atoms with Gasteiger partial charge in [-0.1, -0.05) is 17.7 Å². The lowest BCUT2D eigenvalue weighted by Crippen LogP contribution is -2.03. The van der Waals surface area contributed by atoms with E-state index in [0.717, 1.165) is 0 Å². The lowest BCUT2D eigenvalue weighted by Gasteiger charge is -2.06. The van der Waals surface area contributed by atoms with Crippen molar-refractivity contribution in [2.45, 2.75) is 6.92 Å². The van der Waals surface area contributed by atoms with Gasteiger partial charge < -0.3 is 4.74 Å². The third-order valence-electron chi connectivity index (χ3n) is 2.15. The molecular formula is C11H9ClN2O2. The number of hydrogen-bond donors (Lipinski definition) is 0. The van der Waals surface area contributed by atoms with Crippen LogP contribution in [0.1, 0.15) is 17.5 Å². The Morgan fingerprint density at radius 3 is 2.75 bits per heavy atom. The molecule has 2 rings (SSSR count). The van der Waals surface area contributed by atoms with Crippen LogP contribution in [0.15, 0.2) is 18.2 Å². The largest absolute Gasteiger partial charge is 0.480 e. The molecule has 0 aliphatic heterocycles. The fourth-order valence-corrected chi connectivity index (χ4v) is 1.62. The van der Waals surface area contributed by atoms with E-state index in [4.69, 9.17) is 16.3 Å². The Morgan fingerprint density at radius 2 is 2.12 bits per heavy atom. The fraction of sp³-hybridized carbons (Fsp3) is 0.182. The Labute approximate surface area is 97.2 Å². The van der Waals surface area contributed by atoms with Crippen LogP contribution in [0.25, 0.3) is 10.9 Å². The molecule has 0 unspecified atom stereocenters. The lowest BCUT2D eigenvalue weighted by molar-refractivity contribution is 0.100. The van der Waals surface area contributed by atoms with Crippen molar-refractivity contribution in [2.24, 2.45) is 0 Å². The number of halogens is 1. The Balaban J connectivity index is 2.84. The molecule has 0 N–H and O–H groups in total. The molecule has 5 heteroatoms. The van der Waals surface area contributed by atoms with E-state index < -0.39 is 0 Å². The number of Topliss-reactive ketones (excluding diaryl/α,β-unsaturated/α-hetero) is 1. The second-order valence-electron chi connectivity index (χ2n) is 3.25. The Hall–Kier alpha value is -1.68. The minimum atomic E-state index is -0.222. The zero-order chi connectivity index (χ0) is 11.7. The van der Waals surface area contributed by atoms with Gasteiger partial charge in [0.05, 0.1) is 23.0 Å². The molecule has 16 heavy (non-hydrogen) atoms. The molecule has 0 aliphatic rings. The Kier molecular flexibility index (Phi) is 2.75. The van der Waals surface area contributed by atoms with E-state index in [2.05, 4.69) is 9.97 Å². The first-order chi connectivity index (χ1) is 7.63. The summed E-state index contributed by atoms with van der Waals surface area (Å²) in [6.07, 6.45) is 0. The molecule has 0 bridgehead atoms. The molecule has 1 aromatic heterocycles. The molecule has 4 nitrogen and oxygen atoms in total. The number of hydrogen-bond acceptors (Lipinski definition) is 4. The number of nitrogens with zero attached hydrogens (tertiary/aromatic N) is 2. The predicted octanol–water partition coefficient (Wildman–Crippen LogP) is 2.49. The first-order valence-corrected chi connectivity index (χ1v) is 5.02.